The lowest BCUT2D eigenvalue weighted by Crippen LogP contribution is -2.48. The summed E-state index contributed by atoms with van der Waals surface area (Å²) in [5, 5.41) is 7.91. The number of rotatable bonds is 3. The van der Waals surface area contributed by atoms with Crippen molar-refractivity contribution in [2.75, 3.05) is 0 Å². The standard InChI is InChI=1S/C32H31B9N2/c33-17-12-16-20(15-9-5-7-13-6-1-2-8-14(13)15)22-23(27(37)29(39)28(38)26(22)36)30(21(16)25(35)24(17)34)43-19-11-4-3-10-18(19)42-32(43)31(40)41/h1-12,31H,33-41H2. The molecule has 196 valence electrons. The van der Waals surface area contributed by atoms with Crippen LogP contribution in [0.2, 0.25) is 0 Å². The van der Waals surface area contributed by atoms with Crippen LogP contribution in [0.25, 0.3) is 60.2 Å². The van der Waals surface area contributed by atoms with Crippen molar-refractivity contribution < 1.29 is 0 Å². The lowest BCUT2D eigenvalue weighted by atomic mass is 9.62. The van der Waals surface area contributed by atoms with Gasteiger partial charge in [0.15, 0.2) is 0 Å². The number of hydrogen-bond acceptors (Lipinski definition) is 1. The van der Waals surface area contributed by atoms with E-state index in [-0.39, 0.29) is 5.72 Å². The third-order valence-corrected chi connectivity index (χ3v) is 10.2. The molecule has 43 heavy (non-hydrogen) atoms. The molecule has 1 heterocycles. The van der Waals surface area contributed by atoms with Gasteiger partial charge in [0.1, 0.15) is 76.4 Å². The van der Waals surface area contributed by atoms with E-state index in [4.69, 9.17) is 4.98 Å². The third kappa shape index (κ3) is 3.96. The molecule has 0 N–H and O–H groups in total. The Hall–Kier alpha value is -3.85. The van der Waals surface area contributed by atoms with Crippen LogP contribution in [0.15, 0.2) is 72.8 Å². The van der Waals surface area contributed by atoms with Crippen molar-refractivity contribution in [3.63, 3.8) is 0 Å². The zero-order valence-corrected chi connectivity index (χ0v) is 26.9. The molecule has 0 unspecified atom stereocenters. The van der Waals surface area contributed by atoms with Crippen LogP contribution >= 0.6 is 0 Å². The van der Waals surface area contributed by atoms with E-state index in [2.05, 4.69) is 148 Å². The molecule has 1 aromatic heterocycles. The van der Waals surface area contributed by atoms with Gasteiger partial charge in [0.05, 0.1) is 16.7 Å². The number of aromatic nitrogens is 2. The van der Waals surface area contributed by atoms with E-state index in [1.807, 2.05) is 0 Å². The maximum atomic E-state index is 5.25. The Morgan fingerprint density at radius 1 is 0.581 bits per heavy atom. The first-order chi connectivity index (χ1) is 20.6. The monoisotopic (exact) mass is 542 g/mol. The molecular formula is C32H31B9N2. The maximum absolute atomic E-state index is 5.25. The summed E-state index contributed by atoms with van der Waals surface area (Å²) in [5.41, 5.74) is 15.9. The van der Waals surface area contributed by atoms with E-state index in [0.717, 1.165) is 11.3 Å². The Kier molecular flexibility index (Phi) is 6.58. The van der Waals surface area contributed by atoms with E-state index in [1.54, 1.807) is 0 Å². The third-order valence-electron chi connectivity index (χ3n) is 10.2. The van der Waals surface area contributed by atoms with Crippen LogP contribution in [0.3, 0.4) is 0 Å². The van der Waals surface area contributed by atoms with Gasteiger partial charge in [-0.2, -0.15) is 0 Å². The Morgan fingerprint density at radius 2 is 1.21 bits per heavy atom. The minimum absolute atomic E-state index is 0.259. The van der Waals surface area contributed by atoms with Crippen LogP contribution in [0, 0.1) is 0 Å². The molecular weight excluding hydrogens is 510 g/mol. The topological polar surface area (TPSA) is 17.8 Å². The molecule has 0 bridgehead atoms. The van der Waals surface area contributed by atoms with Crippen LogP contribution in [-0.2, 0) is 0 Å². The van der Waals surface area contributed by atoms with Crippen molar-refractivity contribution in [1.82, 2.24) is 9.55 Å². The number of fused-ring (bicyclic) bond motifs is 4. The van der Waals surface area contributed by atoms with Crippen molar-refractivity contribution in [2.45, 2.75) is 5.72 Å². The van der Waals surface area contributed by atoms with E-state index >= 15 is 0 Å². The summed E-state index contributed by atoms with van der Waals surface area (Å²) in [4.78, 5) is 5.25. The average molecular weight is 541 g/mol. The van der Waals surface area contributed by atoms with E-state index in [0.29, 0.717) is 0 Å². The Balaban J connectivity index is 1.87. The van der Waals surface area contributed by atoms with Gasteiger partial charge in [-0.25, -0.2) is 4.98 Å². The number of nitrogens with zero attached hydrogens (tertiary/aromatic N) is 2. The van der Waals surface area contributed by atoms with Crippen molar-refractivity contribution in [1.29, 1.82) is 0 Å². The van der Waals surface area contributed by atoms with Gasteiger partial charge in [-0.3, -0.25) is 4.57 Å². The molecule has 0 aliphatic heterocycles. The van der Waals surface area contributed by atoms with E-state index in [9.17, 15) is 0 Å². The van der Waals surface area contributed by atoms with Crippen molar-refractivity contribution in [3.8, 4) is 16.8 Å². The first-order valence-electron chi connectivity index (χ1n) is 15.5. The minimum Gasteiger partial charge on any atom is -0.296 e. The van der Waals surface area contributed by atoms with Crippen LogP contribution in [0.4, 0.5) is 0 Å². The second-order valence-corrected chi connectivity index (χ2v) is 12.8. The van der Waals surface area contributed by atoms with Gasteiger partial charge in [0, 0.05) is 5.39 Å². The van der Waals surface area contributed by atoms with Crippen molar-refractivity contribution in [2.24, 2.45) is 0 Å². The highest BCUT2D eigenvalue weighted by atomic mass is 15.1. The van der Waals surface area contributed by atoms with Crippen LogP contribution in [0.5, 0.6) is 0 Å². The SMILES string of the molecule is Bc1cc2c(-c3cccc4ccccc34)c3c(B)c(B)c(B)c(B)c3c(-n3c(C(B)B)nc4ccccc43)c2c(B)c1B. The molecule has 0 fully saturated rings. The highest BCUT2D eigenvalue weighted by Crippen LogP contribution is 2.42. The highest BCUT2D eigenvalue weighted by molar-refractivity contribution is 6.68. The summed E-state index contributed by atoms with van der Waals surface area (Å²) in [6.07, 6.45) is 0. The molecule has 11 heteroatoms. The lowest BCUT2D eigenvalue weighted by molar-refractivity contribution is 0.980. The predicted octanol–water partition coefficient (Wildman–Crippen LogP) is -5.77. The van der Waals surface area contributed by atoms with Crippen LogP contribution in [-0.4, -0.2) is 80.2 Å². The summed E-state index contributed by atoms with van der Waals surface area (Å²) in [5.74, 6) is 1.11. The molecule has 0 aliphatic rings. The molecule has 7 aromatic rings. The quantitative estimate of drug-likeness (QED) is 0.161. The van der Waals surface area contributed by atoms with Gasteiger partial charge in [-0.05, 0) is 55.9 Å². The summed E-state index contributed by atoms with van der Waals surface area (Å²) >= 11 is 0. The van der Waals surface area contributed by atoms with E-state index in [1.165, 1.54) is 92.9 Å². The first kappa shape index (κ1) is 28.0. The fourth-order valence-corrected chi connectivity index (χ4v) is 7.38. The molecule has 0 amide bonds. The van der Waals surface area contributed by atoms with Crippen LogP contribution < -0.4 is 38.2 Å². The van der Waals surface area contributed by atoms with Gasteiger partial charge >= 0.3 is 0 Å². The average Bonchev–Trinajstić information content (AvgIpc) is 3.40. The number of hydrogen-bond donors (Lipinski definition) is 0. The summed E-state index contributed by atoms with van der Waals surface area (Å²) < 4.78 is 2.50. The van der Waals surface area contributed by atoms with Gasteiger partial charge in [0.2, 0.25) is 0 Å². The predicted molar refractivity (Wildman–Crippen MR) is 216 cm³/mol. The van der Waals surface area contributed by atoms with Gasteiger partial charge < -0.3 is 0 Å². The number of benzene rings is 6. The second-order valence-electron chi connectivity index (χ2n) is 12.8. The molecule has 0 spiro atoms. The zero-order chi connectivity index (χ0) is 30.3. The molecule has 0 radical (unpaired) electrons. The fraction of sp³-hybridized carbons (Fsp3) is 0.0312. The largest absolute Gasteiger partial charge is 0.296 e. The fourth-order valence-electron chi connectivity index (χ4n) is 7.38. The highest BCUT2D eigenvalue weighted by Gasteiger charge is 2.27. The molecule has 2 nitrogen and oxygen atoms in total. The van der Waals surface area contributed by atoms with Crippen molar-refractivity contribution in [3.05, 3.63) is 78.6 Å². The Labute approximate surface area is 262 Å². The smallest absolute Gasteiger partial charge is 0.139 e. The first-order valence-corrected chi connectivity index (χ1v) is 15.5. The molecule has 6 aromatic carbocycles. The summed E-state index contributed by atoms with van der Waals surface area (Å²) in [6, 6.07) is 26.7. The zero-order valence-electron chi connectivity index (χ0n) is 26.9. The Bertz CT molecular complexity index is 2300. The molecule has 0 saturated carbocycles. The van der Waals surface area contributed by atoms with Gasteiger partial charge in [0.25, 0.3) is 0 Å². The second kappa shape index (κ2) is 10.1. The van der Waals surface area contributed by atoms with Crippen molar-refractivity contribution >= 4 is 152 Å². The number of para-hydroxylation sites is 2. The Morgan fingerprint density at radius 3 is 1.95 bits per heavy atom. The van der Waals surface area contributed by atoms with E-state index < -0.39 is 0 Å². The lowest BCUT2D eigenvalue weighted by Gasteiger charge is -2.28. The summed E-state index contributed by atoms with van der Waals surface area (Å²) in [6.45, 7) is 0. The van der Waals surface area contributed by atoms with Gasteiger partial charge in [-0.15, -0.1) is 16.4 Å². The number of imidazole rings is 1. The molecule has 0 atom stereocenters. The maximum Gasteiger partial charge on any atom is 0.139 e. The molecule has 7 rings (SSSR count). The van der Waals surface area contributed by atoms with Gasteiger partial charge in [-0.1, -0.05) is 82.5 Å². The molecule has 0 aliphatic carbocycles. The minimum atomic E-state index is 0.259. The normalized spacial score (nSPS) is 11.8. The van der Waals surface area contributed by atoms with Crippen LogP contribution in [0.1, 0.15) is 11.5 Å². The summed E-state index contributed by atoms with van der Waals surface area (Å²) in [7, 11) is 20.7. The molecule has 0 saturated heterocycles.